The average Bonchev–Trinajstić information content (AvgIpc) is 2.77. The molecule has 0 aliphatic heterocycles. The summed E-state index contributed by atoms with van der Waals surface area (Å²) in [6, 6.07) is 13.3. The van der Waals surface area contributed by atoms with Crippen LogP contribution in [0.2, 0.25) is 0 Å². The number of hydrogen-bond acceptors (Lipinski definition) is 8. The second-order valence-electron chi connectivity index (χ2n) is 5.40. The quantitative estimate of drug-likeness (QED) is 0.318. The molecule has 1 aromatic carbocycles. The van der Waals surface area contributed by atoms with Crippen molar-refractivity contribution in [1.29, 1.82) is 0 Å². The first-order valence-electron chi connectivity index (χ1n) is 8.26. The Balaban J connectivity index is 0.000000233. The summed E-state index contributed by atoms with van der Waals surface area (Å²) < 4.78 is 0. The molecule has 0 atom stereocenters. The van der Waals surface area contributed by atoms with E-state index in [1.54, 1.807) is 0 Å². The number of fused-ring (bicyclic) bond motifs is 1. The summed E-state index contributed by atoms with van der Waals surface area (Å²) in [5, 5.41) is 17.5. The Hall–Kier alpha value is -3.07. The van der Waals surface area contributed by atoms with Gasteiger partial charge in [0.25, 0.3) is 0 Å². The van der Waals surface area contributed by atoms with Crippen molar-refractivity contribution in [2.45, 2.75) is 10.1 Å². The molecule has 0 unspecified atom stereocenters. The maximum atomic E-state index is 10.2. The van der Waals surface area contributed by atoms with Crippen LogP contribution >= 0.6 is 0 Å². The minimum Gasteiger partial charge on any atom is -0.760 e. The van der Waals surface area contributed by atoms with Gasteiger partial charge in [-0.1, -0.05) is 22.2 Å². The van der Waals surface area contributed by atoms with Gasteiger partial charge >= 0.3 is 33.0 Å². The van der Waals surface area contributed by atoms with Crippen LogP contribution in [0.4, 0.5) is 0 Å². The number of carbonyl (C=O) groups is 2. The fourth-order valence-corrected chi connectivity index (χ4v) is 2.24. The fourth-order valence-electron chi connectivity index (χ4n) is 1.96. The van der Waals surface area contributed by atoms with Crippen molar-refractivity contribution in [3.05, 3.63) is 84.4 Å². The van der Waals surface area contributed by atoms with Gasteiger partial charge in [0.1, 0.15) is 0 Å². The Bertz CT molecular complexity index is 1050. The van der Waals surface area contributed by atoms with E-state index in [0.717, 1.165) is 11.0 Å². The maximum absolute atomic E-state index is 10.2. The Labute approximate surface area is 202 Å². The molecule has 0 aliphatic rings. The molecule has 0 amide bonds. The van der Waals surface area contributed by atoms with Gasteiger partial charge in [0.2, 0.25) is 0 Å². The van der Waals surface area contributed by atoms with E-state index < -0.39 is 11.9 Å². The van der Waals surface area contributed by atoms with Crippen LogP contribution < -0.4 is 0 Å². The molecule has 3 heterocycles. The SMILES string of the molecule is O=C(O)c1ccncc1.O=C(O)c1ccncc1.[Pt+2].[S-]c1nc2ccccc2nc1[S-]. The molecule has 0 bridgehead atoms. The topological polar surface area (TPSA) is 126 Å². The van der Waals surface area contributed by atoms with Crippen molar-refractivity contribution >= 4 is 48.2 Å². The molecule has 8 nitrogen and oxygen atoms in total. The molecular weight excluding hydrogens is 619 g/mol. The normalized spacial score (nSPS) is 9.16. The number of nitrogens with zero attached hydrogens (tertiary/aromatic N) is 4. The number of para-hydroxylation sites is 2. The minimum absolute atomic E-state index is 0. The predicted octanol–water partition coefficient (Wildman–Crippen LogP) is 3.00. The standard InChI is InChI=1S/C8H6N2S2.2C6H5NO2.Pt/c11-7-8(12)10-6-4-2-1-3-5(6)9-7;2*8-6(9)5-1-3-7-4-2-5;/h1-4H,(H,9,11)(H,10,12);2*1-4H,(H,8,9);/q;;;+2/p-2. The van der Waals surface area contributed by atoms with Crippen molar-refractivity contribution in [3.8, 4) is 0 Å². The van der Waals surface area contributed by atoms with Crippen molar-refractivity contribution in [2.75, 3.05) is 0 Å². The van der Waals surface area contributed by atoms with Gasteiger partial charge in [0.05, 0.1) is 22.2 Å². The summed E-state index contributed by atoms with van der Waals surface area (Å²) in [7, 11) is 0. The van der Waals surface area contributed by atoms with Crippen molar-refractivity contribution < 1.29 is 40.9 Å². The zero-order valence-electron chi connectivity index (χ0n) is 15.6. The van der Waals surface area contributed by atoms with Crippen LogP contribution in [-0.4, -0.2) is 42.1 Å². The summed E-state index contributed by atoms with van der Waals surface area (Å²) >= 11 is 9.81. The van der Waals surface area contributed by atoms with E-state index >= 15 is 0 Å². The molecule has 0 saturated heterocycles. The van der Waals surface area contributed by atoms with Crippen molar-refractivity contribution in [1.82, 2.24) is 19.9 Å². The Morgan fingerprint density at radius 1 is 0.645 bits per heavy atom. The van der Waals surface area contributed by atoms with E-state index in [0.29, 0.717) is 10.1 Å². The summed E-state index contributed by atoms with van der Waals surface area (Å²) in [5.41, 5.74) is 2.14. The molecule has 31 heavy (non-hydrogen) atoms. The molecule has 0 saturated carbocycles. The van der Waals surface area contributed by atoms with Crippen LogP contribution in [-0.2, 0) is 46.3 Å². The van der Waals surface area contributed by atoms with Crippen LogP contribution in [0, 0.1) is 0 Å². The molecule has 0 spiro atoms. The first-order valence-corrected chi connectivity index (χ1v) is 9.07. The van der Waals surface area contributed by atoms with Gasteiger partial charge in [-0.2, -0.15) is 0 Å². The van der Waals surface area contributed by atoms with Gasteiger partial charge in [-0.05, 0) is 36.4 Å². The summed E-state index contributed by atoms with van der Waals surface area (Å²) in [6.07, 6.45) is 5.79. The molecule has 0 fully saturated rings. The van der Waals surface area contributed by atoms with Crippen LogP contribution in [0.3, 0.4) is 0 Å². The van der Waals surface area contributed by atoms with Crippen molar-refractivity contribution in [3.63, 3.8) is 0 Å². The number of hydrogen-bond donors (Lipinski definition) is 2. The van der Waals surface area contributed by atoms with E-state index in [9.17, 15) is 9.59 Å². The van der Waals surface area contributed by atoms with E-state index in [4.69, 9.17) is 35.5 Å². The largest absolute Gasteiger partial charge is 2.00 e. The Morgan fingerprint density at radius 3 is 1.23 bits per heavy atom. The number of rotatable bonds is 2. The third kappa shape index (κ3) is 8.67. The Kier molecular flexibility index (Phi) is 11.1. The van der Waals surface area contributed by atoms with E-state index in [-0.39, 0.29) is 32.2 Å². The maximum Gasteiger partial charge on any atom is 2.00 e. The number of benzene rings is 1. The molecular formula is C20H14N4O4PtS2. The number of carboxylic acids is 2. The zero-order valence-corrected chi connectivity index (χ0v) is 19.5. The molecule has 4 aromatic rings. The van der Waals surface area contributed by atoms with Crippen LogP contribution in [0.15, 0.2) is 83.4 Å². The van der Waals surface area contributed by atoms with Gasteiger partial charge in [-0.15, -0.1) is 0 Å². The fraction of sp³-hybridized carbons (Fsp3) is 0. The van der Waals surface area contributed by atoms with E-state index in [1.165, 1.54) is 49.1 Å². The molecule has 0 radical (unpaired) electrons. The summed E-state index contributed by atoms with van der Waals surface area (Å²) in [6.45, 7) is 0. The predicted molar refractivity (Wildman–Crippen MR) is 113 cm³/mol. The first-order chi connectivity index (χ1) is 14.4. The van der Waals surface area contributed by atoms with E-state index in [2.05, 4.69) is 19.9 Å². The third-order valence-corrected chi connectivity index (χ3v) is 4.06. The molecule has 160 valence electrons. The molecule has 2 N–H and O–H groups in total. The second-order valence-corrected chi connectivity index (χ2v) is 6.18. The number of pyridine rings is 2. The van der Waals surface area contributed by atoms with Gasteiger partial charge in [0.15, 0.2) is 0 Å². The van der Waals surface area contributed by atoms with Crippen LogP contribution in [0.5, 0.6) is 0 Å². The number of carboxylic acid groups (broad SMARTS) is 2. The van der Waals surface area contributed by atoms with Crippen molar-refractivity contribution in [2.24, 2.45) is 0 Å². The number of aromatic carboxylic acids is 2. The molecule has 4 rings (SSSR count). The molecule has 11 heteroatoms. The third-order valence-electron chi connectivity index (χ3n) is 3.36. The Morgan fingerprint density at radius 2 is 0.968 bits per heavy atom. The van der Waals surface area contributed by atoms with E-state index in [1.807, 2.05) is 24.3 Å². The smallest absolute Gasteiger partial charge is 0.760 e. The van der Waals surface area contributed by atoms with Crippen LogP contribution in [0.25, 0.3) is 11.0 Å². The zero-order chi connectivity index (χ0) is 21.9. The van der Waals surface area contributed by atoms with Gasteiger partial charge < -0.3 is 35.5 Å². The minimum atomic E-state index is -0.919. The monoisotopic (exact) mass is 633 g/mol. The van der Waals surface area contributed by atoms with Gasteiger partial charge in [0, 0.05) is 24.8 Å². The van der Waals surface area contributed by atoms with Gasteiger partial charge in [-0.25, -0.2) is 9.59 Å². The average molecular weight is 634 g/mol. The molecule has 0 aliphatic carbocycles. The van der Waals surface area contributed by atoms with Crippen LogP contribution in [0.1, 0.15) is 20.7 Å². The second kappa shape index (κ2) is 13.3. The number of aromatic nitrogens is 4. The summed E-state index contributed by atoms with van der Waals surface area (Å²) in [4.78, 5) is 35.9. The first kappa shape index (κ1) is 26.0. The van der Waals surface area contributed by atoms with Gasteiger partial charge in [-0.3, -0.25) is 19.9 Å². The summed E-state index contributed by atoms with van der Waals surface area (Å²) in [5.74, 6) is -1.84. The molecule has 3 aromatic heterocycles.